The van der Waals surface area contributed by atoms with E-state index in [-0.39, 0.29) is 23.7 Å². The Kier molecular flexibility index (Phi) is 4.53. The number of benzene rings is 1. The number of alkyl halides is 1. The Hall–Kier alpha value is -1.53. The highest BCUT2D eigenvalue weighted by Crippen LogP contribution is 2.28. The SMILES string of the molecule is O=C(O)c1cc(F)c(O)c(NCC(O)CCl)c1. The molecule has 0 aliphatic rings. The molecule has 1 atom stereocenters. The first-order valence-electron chi connectivity index (χ1n) is 4.69. The zero-order chi connectivity index (χ0) is 13.0. The zero-order valence-corrected chi connectivity index (χ0v) is 9.41. The highest BCUT2D eigenvalue weighted by Gasteiger charge is 2.14. The molecule has 0 saturated heterocycles. The van der Waals surface area contributed by atoms with E-state index in [2.05, 4.69) is 5.32 Å². The third-order valence-electron chi connectivity index (χ3n) is 2.02. The summed E-state index contributed by atoms with van der Waals surface area (Å²) >= 11 is 5.35. The largest absolute Gasteiger partial charge is 0.503 e. The van der Waals surface area contributed by atoms with Crippen molar-refractivity contribution in [3.05, 3.63) is 23.5 Å². The fourth-order valence-corrected chi connectivity index (χ4v) is 1.25. The maximum Gasteiger partial charge on any atom is 0.335 e. The zero-order valence-electron chi connectivity index (χ0n) is 8.65. The summed E-state index contributed by atoms with van der Waals surface area (Å²) in [4.78, 5) is 10.7. The topological polar surface area (TPSA) is 89.8 Å². The van der Waals surface area contributed by atoms with Gasteiger partial charge in [0.25, 0.3) is 0 Å². The van der Waals surface area contributed by atoms with Gasteiger partial charge in [0.15, 0.2) is 11.6 Å². The van der Waals surface area contributed by atoms with Crippen LogP contribution in [0.5, 0.6) is 5.75 Å². The Balaban J connectivity index is 2.93. The fourth-order valence-electron chi connectivity index (χ4n) is 1.14. The van der Waals surface area contributed by atoms with Gasteiger partial charge < -0.3 is 20.6 Å². The second kappa shape index (κ2) is 5.70. The first kappa shape index (κ1) is 13.5. The number of rotatable bonds is 5. The van der Waals surface area contributed by atoms with Crippen molar-refractivity contribution in [3.63, 3.8) is 0 Å². The first-order valence-corrected chi connectivity index (χ1v) is 5.23. The summed E-state index contributed by atoms with van der Waals surface area (Å²) in [6, 6.07) is 1.78. The number of phenols is 1. The number of anilines is 1. The van der Waals surface area contributed by atoms with E-state index >= 15 is 0 Å². The average Bonchev–Trinajstić information content (AvgIpc) is 2.30. The number of hydrogen-bond acceptors (Lipinski definition) is 4. The van der Waals surface area contributed by atoms with E-state index in [0.29, 0.717) is 6.07 Å². The summed E-state index contributed by atoms with van der Waals surface area (Å²) in [7, 11) is 0. The Morgan fingerprint density at radius 1 is 1.53 bits per heavy atom. The lowest BCUT2D eigenvalue weighted by molar-refractivity contribution is 0.0696. The minimum Gasteiger partial charge on any atom is -0.503 e. The van der Waals surface area contributed by atoms with Gasteiger partial charge in [-0.3, -0.25) is 0 Å². The van der Waals surface area contributed by atoms with Crippen LogP contribution in [0.3, 0.4) is 0 Å². The van der Waals surface area contributed by atoms with Crippen molar-refractivity contribution < 1.29 is 24.5 Å². The van der Waals surface area contributed by atoms with Crippen LogP contribution in [-0.2, 0) is 0 Å². The Morgan fingerprint density at radius 2 is 2.18 bits per heavy atom. The summed E-state index contributed by atoms with van der Waals surface area (Å²) < 4.78 is 13.2. The van der Waals surface area contributed by atoms with E-state index in [1.807, 2.05) is 0 Å². The molecule has 4 N–H and O–H groups in total. The number of carboxylic acids is 1. The highest BCUT2D eigenvalue weighted by molar-refractivity contribution is 6.18. The number of phenolic OH excluding ortho intramolecular Hbond substituents is 1. The van der Waals surface area contributed by atoms with Crippen LogP contribution in [0.1, 0.15) is 10.4 Å². The van der Waals surface area contributed by atoms with Crippen molar-refractivity contribution in [2.75, 3.05) is 17.7 Å². The predicted octanol–water partition coefficient (Wildman–Crippen LogP) is 1.24. The maximum atomic E-state index is 13.2. The molecule has 94 valence electrons. The van der Waals surface area contributed by atoms with Gasteiger partial charge >= 0.3 is 5.97 Å². The Labute approximate surface area is 101 Å². The molecule has 0 fully saturated rings. The summed E-state index contributed by atoms with van der Waals surface area (Å²) in [5.74, 6) is -3.09. The van der Waals surface area contributed by atoms with Crippen molar-refractivity contribution in [1.29, 1.82) is 0 Å². The molecule has 1 rings (SSSR count). The smallest absolute Gasteiger partial charge is 0.335 e. The number of aromatic hydroxyl groups is 1. The molecule has 7 heteroatoms. The molecule has 0 heterocycles. The minimum atomic E-state index is -1.31. The molecule has 0 aromatic heterocycles. The molecule has 0 spiro atoms. The maximum absolute atomic E-state index is 13.2. The van der Waals surface area contributed by atoms with Gasteiger partial charge in [0.2, 0.25) is 0 Å². The quantitative estimate of drug-likeness (QED) is 0.474. The summed E-state index contributed by atoms with van der Waals surface area (Å²) in [6.07, 6.45) is -0.882. The van der Waals surface area contributed by atoms with E-state index in [0.717, 1.165) is 6.07 Å². The third kappa shape index (κ3) is 3.47. The van der Waals surface area contributed by atoms with E-state index in [9.17, 15) is 19.4 Å². The van der Waals surface area contributed by atoms with Crippen LogP contribution in [0.15, 0.2) is 12.1 Å². The predicted molar refractivity (Wildman–Crippen MR) is 60.2 cm³/mol. The van der Waals surface area contributed by atoms with Crippen LogP contribution in [0, 0.1) is 5.82 Å². The van der Waals surface area contributed by atoms with Gasteiger partial charge in [0.1, 0.15) is 0 Å². The molecular formula is C10H11ClFNO4. The van der Waals surface area contributed by atoms with Crippen LogP contribution in [0.2, 0.25) is 0 Å². The molecule has 0 radical (unpaired) electrons. The van der Waals surface area contributed by atoms with Crippen molar-refractivity contribution in [2.45, 2.75) is 6.10 Å². The number of hydrogen-bond donors (Lipinski definition) is 4. The molecule has 0 bridgehead atoms. The molecular weight excluding hydrogens is 253 g/mol. The van der Waals surface area contributed by atoms with Gasteiger partial charge in [-0.05, 0) is 12.1 Å². The van der Waals surface area contributed by atoms with Crippen molar-refractivity contribution in [3.8, 4) is 5.75 Å². The van der Waals surface area contributed by atoms with Crippen molar-refractivity contribution in [2.24, 2.45) is 0 Å². The first-order chi connectivity index (χ1) is 7.95. The molecule has 17 heavy (non-hydrogen) atoms. The normalized spacial score (nSPS) is 12.2. The van der Waals surface area contributed by atoms with E-state index in [1.54, 1.807) is 0 Å². The monoisotopic (exact) mass is 263 g/mol. The van der Waals surface area contributed by atoms with Gasteiger partial charge in [-0.2, -0.15) is 0 Å². The van der Waals surface area contributed by atoms with E-state index < -0.39 is 23.6 Å². The fraction of sp³-hybridized carbons (Fsp3) is 0.300. The molecule has 0 aliphatic heterocycles. The number of carboxylic acid groups (broad SMARTS) is 1. The summed E-state index contributed by atoms with van der Waals surface area (Å²) in [5.41, 5.74) is -0.408. The number of aromatic carboxylic acids is 1. The Morgan fingerprint density at radius 3 is 2.71 bits per heavy atom. The molecule has 0 aliphatic carbocycles. The standard InChI is InChI=1S/C10H11ClFNO4/c11-3-6(14)4-13-8-2-5(10(16)17)1-7(12)9(8)15/h1-2,6,13-15H,3-4H2,(H,16,17). The summed E-state index contributed by atoms with van der Waals surface area (Å²) in [6.45, 7) is -0.0282. The van der Waals surface area contributed by atoms with Gasteiger partial charge in [-0.15, -0.1) is 11.6 Å². The number of aliphatic hydroxyl groups is 1. The average molecular weight is 264 g/mol. The lowest BCUT2D eigenvalue weighted by atomic mass is 10.1. The molecule has 1 aromatic carbocycles. The Bertz CT molecular complexity index is 427. The van der Waals surface area contributed by atoms with Crippen molar-refractivity contribution in [1.82, 2.24) is 0 Å². The molecule has 1 aromatic rings. The van der Waals surface area contributed by atoms with Crippen molar-refractivity contribution >= 4 is 23.3 Å². The number of nitrogens with one attached hydrogen (secondary N) is 1. The van der Waals surface area contributed by atoms with Crippen LogP contribution in [0.25, 0.3) is 0 Å². The number of halogens is 2. The van der Waals surface area contributed by atoms with Crippen LogP contribution in [0.4, 0.5) is 10.1 Å². The molecule has 0 amide bonds. The van der Waals surface area contributed by atoms with Gasteiger partial charge in [0.05, 0.1) is 23.2 Å². The summed E-state index contributed by atoms with van der Waals surface area (Å²) in [5, 5.41) is 29.7. The molecule has 5 nitrogen and oxygen atoms in total. The van der Waals surface area contributed by atoms with Gasteiger partial charge in [-0.25, -0.2) is 9.18 Å². The van der Waals surface area contributed by atoms with Crippen LogP contribution in [-0.4, -0.2) is 39.8 Å². The lowest BCUT2D eigenvalue weighted by Gasteiger charge is -2.12. The number of aliphatic hydroxyl groups excluding tert-OH is 1. The van der Waals surface area contributed by atoms with Gasteiger partial charge in [-0.1, -0.05) is 0 Å². The minimum absolute atomic E-state index is 0.0282. The second-order valence-corrected chi connectivity index (χ2v) is 3.66. The molecule has 0 saturated carbocycles. The lowest BCUT2D eigenvalue weighted by Crippen LogP contribution is -2.21. The molecule has 1 unspecified atom stereocenters. The second-order valence-electron chi connectivity index (χ2n) is 3.35. The van der Waals surface area contributed by atoms with E-state index in [4.69, 9.17) is 16.7 Å². The van der Waals surface area contributed by atoms with Crippen LogP contribution >= 0.6 is 11.6 Å². The van der Waals surface area contributed by atoms with Gasteiger partial charge in [0, 0.05) is 6.54 Å². The van der Waals surface area contributed by atoms with E-state index in [1.165, 1.54) is 0 Å². The number of carbonyl (C=O) groups is 1. The third-order valence-corrected chi connectivity index (χ3v) is 2.37. The van der Waals surface area contributed by atoms with Crippen LogP contribution < -0.4 is 5.32 Å². The highest BCUT2D eigenvalue weighted by atomic mass is 35.5.